The van der Waals surface area contributed by atoms with Crippen molar-refractivity contribution >= 4 is 33.7 Å². The van der Waals surface area contributed by atoms with Gasteiger partial charge in [-0.15, -0.1) is 0 Å². The number of imide groups is 1. The molecule has 2 fully saturated rings. The highest BCUT2D eigenvalue weighted by Crippen LogP contribution is 2.53. The van der Waals surface area contributed by atoms with Crippen LogP contribution >= 0.6 is 15.9 Å². The lowest BCUT2D eigenvalue weighted by atomic mass is 9.72. The number of likely N-dealkylation sites (tertiary alicyclic amines) is 1. The summed E-state index contributed by atoms with van der Waals surface area (Å²) in [6, 6.07) is 14.0. The molecular weight excluding hydrogens is 488 g/mol. The predicted octanol–water partition coefficient (Wildman–Crippen LogP) is 3.77. The Hall–Kier alpha value is -2.71. The van der Waals surface area contributed by atoms with E-state index >= 15 is 0 Å². The maximum absolute atomic E-state index is 13.7. The summed E-state index contributed by atoms with van der Waals surface area (Å²) in [5.41, 5.74) is -0.112. The first-order valence-electron chi connectivity index (χ1n) is 11.0. The Bertz CT molecular complexity index is 1090. The molecule has 0 saturated carbocycles. The number of amides is 2. The van der Waals surface area contributed by atoms with E-state index in [0.29, 0.717) is 17.7 Å². The Labute approximate surface area is 201 Å². The second kappa shape index (κ2) is 8.91. The summed E-state index contributed by atoms with van der Waals surface area (Å²) in [6.07, 6.45) is 0.533. The quantitative estimate of drug-likeness (QED) is 0.546. The number of benzene rings is 2. The lowest BCUT2D eigenvalue weighted by Crippen LogP contribution is -2.59. The highest BCUT2D eigenvalue weighted by molar-refractivity contribution is 9.10. The van der Waals surface area contributed by atoms with Gasteiger partial charge in [0.2, 0.25) is 11.8 Å². The molecule has 5 unspecified atom stereocenters. The molecule has 4 rings (SSSR count). The fraction of sp³-hybridized carbons (Fsp3) is 0.400. The molecule has 0 spiro atoms. The highest BCUT2D eigenvalue weighted by atomic mass is 79.9. The van der Waals surface area contributed by atoms with Gasteiger partial charge in [0.25, 0.3) is 0 Å². The smallest absolute Gasteiger partial charge is 0.325 e. The van der Waals surface area contributed by atoms with Crippen molar-refractivity contribution in [2.45, 2.75) is 38.4 Å². The SMILES string of the molecule is CCC(C)C1(C(=O)O)NC(c2cc(Br)ccc2OC)C2C(=O)N(Cc3ccccc3)C(=O)C21. The van der Waals surface area contributed by atoms with E-state index in [-0.39, 0.29) is 18.4 Å². The number of nitrogens with one attached hydrogen (secondary N) is 1. The maximum atomic E-state index is 13.7. The van der Waals surface area contributed by atoms with Crippen LogP contribution in [0.25, 0.3) is 0 Å². The van der Waals surface area contributed by atoms with E-state index in [2.05, 4.69) is 21.2 Å². The predicted molar refractivity (Wildman–Crippen MR) is 125 cm³/mol. The number of carbonyl (C=O) groups excluding carboxylic acids is 2. The summed E-state index contributed by atoms with van der Waals surface area (Å²) in [5, 5.41) is 13.7. The molecule has 2 amide bonds. The number of methoxy groups -OCH3 is 1. The van der Waals surface area contributed by atoms with Gasteiger partial charge in [-0.2, -0.15) is 0 Å². The molecular formula is C25H27BrN2O5. The molecule has 5 atom stereocenters. The van der Waals surface area contributed by atoms with E-state index in [1.807, 2.05) is 56.3 Å². The van der Waals surface area contributed by atoms with Crippen molar-refractivity contribution in [1.29, 1.82) is 0 Å². The van der Waals surface area contributed by atoms with Crippen molar-refractivity contribution in [3.05, 3.63) is 64.1 Å². The van der Waals surface area contributed by atoms with Crippen molar-refractivity contribution in [3.63, 3.8) is 0 Å². The minimum Gasteiger partial charge on any atom is -0.496 e. The molecule has 174 valence electrons. The van der Waals surface area contributed by atoms with Crippen LogP contribution in [0.5, 0.6) is 5.75 Å². The van der Waals surface area contributed by atoms with Gasteiger partial charge in [0.05, 0.1) is 25.5 Å². The van der Waals surface area contributed by atoms with Gasteiger partial charge in [-0.25, -0.2) is 0 Å². The molecule has 33 heavy (non-hydrogen) atoms. The molecule has 2 aromatic carbocycles. The van der Waals surface area contributed by atoms with Crippen molar-refractivity contribution in [2.75, 3.05) is 7.11 Å². The summed E-state index contributed by atoms with van der Waals surface area (Å²) < 4.78 is 6.31. The third kappa shape index (κ3) is 3.65. The molecule has 7 nitrogen and oxygen atoms in total. The summed E-state index contributed by atoms with van der Waals surface area (Å²) in [4.78, 5) is 41.4. The van der Waals surface area contributed by atoms with Crippen LogP contribution in [0.3, 0.4) is 0 Å². The maximum Gasteiger partial charge on any atom is 0.325 e. The number of carbonyl (C=O) groups is 3. The zero-order valence-electron chi connectivity index (χ0n) is 18.7. The largest absolute Gasteiger partial charge is 0.496 e. The zero-order chi connectivity index (χ0) is 23.9. The second-order valence-corrected chi connectivity index (χ2v) is 9.66. The second-order valence-electron chi connectivity index (χ2n) is 8.74. The molecule has 2 heterocycles. The number of hydrogen-bond acceptors (Lipinski definition) is 5. The Kier molecular flexibility index (Phi) is 6.33. The number of ether oxygens (including phenoxy) is 1. The molecule has 2 aliphatic heterocycles. The summed E-state index contributed by atoms with van der Waals surface area (Å²) in [5.74, 6) is -3.66. The van der Waals surface area contributed by atoms with Crippen molar-refractivity contribution < 1.29 is 24.2 Å². The number of fused-ring (bicyclic) bond motifs is 1. The normalized spacial score (nSPS) is 27.5. The van der Waals surface area contributed by atoms with Gasteiger partial charge in [0.15, 0.2) is 0 Å². The third-order valence-corrected chi connectivity index (χ3v) is 7.63. The number of carboxylic acids is 1. The van der Waals surface area contributed by atoms with Crippen LogP contribution in [0, 0.1) is 17.8 Å². The number of carboxylic acid groups (broad SMARTS) is 1. The number of hydrogen-bond donors (Lipinski definition) is 2. The van der Waals surface area contributed by atoms with Gasteiger partial charge in [-0.1, -0.05) is 66.5 Å². The van der Waals surface area contributed by atoms with Crippen LogP contribution in [0.4, 0.5) is 0 Å². The number of halogens is 1. The Morgan fingerprint density at radius 3 is 2.52 bits per heavy atom. The first kappa shape index (κ1) is 23.4. The van der Waals surface area contributed by atoms with Crippen LogP contribution in [-0.2, 0) is 20.9 Å². The molecule has 2 saturated heterocycles. The van der Waals surface area contributed by atoms with Crippen LogP contribution in [0.1, 0.15) is 37.4 Å². The topological polar surface area (TPSA) is 95.9 Å². The highest BCUT2D eigenvalue weighted by Gasteiger charge is 2.70. The first-order valence-corrected chi connectivity index (χ1v) is 11.8. The fourth-order valence-corrected chi connectivity index (χ4v) is 5.70. The van der Waals surface area contributed by atoms with Gasteiger partial charge in [-0.05, 0) is 29.7 Å². The molecule has 0 aliphatic carbocycles. The Balaban J connectivity index is 1.86. The van der Waals surface area contributed by atoms with Crippen molar-refractivity contribution in [3.8, 4) is 5.75 Å². The molecule has 2 aliphatic rings. The standard InChI is InChI=1S/C25H27BrN2O5/c1-4-14(2)25(24(31)32)20-19(21(27-25)17-12-16(26)10-11-18(17)33-3)22(29)28(23(20)30)13-15-8-6-5-7-9-15/h5-12,14,19-21,27H,4,13H2,1-3H3,(H,31,32). The lowest BCUT2D eigenvalue weighted by Gasteiger charge is -2.36. The van der Waals surface area contributed by atoms with Gasteiger partial charge < -0.3 is 9.84 Å². The van der Waals surface area contributed by atoms with Crippen molar-refractivity contribution in [2.24, 2.45) is 17.8 Å². The zero-order valence-corrected chi connectivity index (χ0v) is 20.3. The average Bonchev–Trinajstić information content (AvgIpc) is 3.29. The van der Waals surface area contributed by atoms with E-state index < -0.39 is 35.3 Å². The van der Waals surface area contributed by atoms with Crippen LogP contribution in [-0.4, -0.2) is 40.4 Å². The minimum atomic E-state index is -1.57. The lowest BCUT2D eigenvalue weighted by molar-refractivity contribution is -0.154. The average molecular weight is 515 g/mol. The van der Waals surface area contributed by atoms with Gasteiger partial charge in [-0.3, -0.25) is 24.6 Å². The molecule has 2 aromatic rings. The van der Waals surface area contributed by atoms with Gasteiger partial charge in [0, 0.05) is 16.1 Å². The van der Waals surface area contributed by atoms with Crippen LogP contribution in [0.2, 0.25) is 0 Å². The summed E-state index contributed by atoms with van der Waals surface area (Å²) in [6.45, 7) is 3.82. The molecule has 8 heteroatoms. The van der Waals surface area contributed by atoms with Gasteiger partial charge >= 0.3 is 5.97 Å². The van der Waals surface area contributed by atoms with E-state index in [4.69, 9.17) is 4.74 Å². The van der Waals surface area contributed by atoms with E-state index in [1.54, 1.807) is 6.07 Å². The fourth-order valence-electron chi connectivity index (χ4n) is 5.32. The summed E-state index contributed by atoms with van der Waals surface area (Å²) >= 11 is 3.47. The van der Waals surface area contributed by atoms with Crippen LogP contribution in [0.15, 0.2) is 53.0 Å². The minimum absolute atomic E-state index is 0.115. The van der Waals surface area contributed by atoms with E-state index in [9.17, 15) is 19.5 Å². The Morgan fingerprint density at radius 2 is 1.91 bits per heavy atom. The third-order valence-electron chi connectivity index (χ3n) is 7.14. The van der Waals surface area contributed by atoms with Gasteiger partial charge in [0.1, 0.15) is 11.3 Å². The number of aliphatic carboxylic acids is 1. The summed E-state index contributed by atoms with van der Waals surface area (Å²) in [7, 11) is 1.53. The molecule has 0 radical (unpaired) electrons. The van der Waals surface area contributed by atoms with Crippen molar-refractivity contribution in [1.82, 2.24) is 10.2 Å². The van der Waals surface area contributed by atoms with Crippen LogP contribution < -0.4 is 10.1 Å². The molecule has 0 bridgehead atoms. The molecule has 2 N–H and O–H groups in total. The monoisotopic (exact) mass is 514 g/mol. The number of nitrogens with zero attached hydrogens (tertiary/aromatic N) is 1. The van der Waals surface area contributed by atoms with E-state index in [1.165, 1.54) is 12.0 Å². The number of rotatable bonds is 7. The Morgan fingerprint density at radius 1 is 1.21 bits per heavy atom. The van der Waals surface area contributed by atoms with E-state index in [0.717, 1.165) is 10.0 Å². The molecule has 0 aromatic heterocycles. The first-order chi connectivity index (χ1) is 15.8.